The zero-order valence-corrected chi connectivity index (χ0v) is 19.9. The summed E-state index contributed by atoms with van der Waals surface area (Å²) in [7, 11) is 0. The molecule has 1 N–H and O–H groups in total. The lowest BCUT2D eigenvalue weighted by atomic mass is 10.0. The molecular formula is C21H32N2O7S. The number of thiazole rings is 1. The summed E-state index contributed by atoms with van der Waals surface area (Å²) in [5.41, 5.74) is -0.630. The average Bonchev–Trinajstić information content (AvgIpc) is 3.35. The van der Waals surface area contributed by atoms with E-state index in [0.29, 0.717) is 11.6 Å². The minimum absolute atomic E-state index is 0.316. The third kappa shape index (κ3) is 5.04. The highest BCUT2D eigenvalue weighted by atomic mass is 32.1. The van der Waals surface area contributed by atoms with Gasteiger partial charge in [-0.1, -0.05) is 0 Å². The van der Waals surface area contributed by atoms with Crippen LogP contribution in [0.4, 0.5) is 4.79 Å². The van der Waals surface area contributed by atoms with Crippen molar-refractivity contribution in [3.8, 4) is 0 Å². The van der Waals surface area contributed by atoms with Crippen LogP contribution >= 0.6 is 11.3 Å². The van der Waals surface area contributed by atoms with E-state index in [-0.39, 0.29) is 12.2 Å². The van der Waals surface area contributed by atoms with Gasteiger partial charge in [0.25, 0.3) is 0 Å². The number of amides is 1. The summed E-state index contributed by atoms with van der Waals surface area (Å²) >= 11 is 1.43. The molecule has 174 valence electrons. The first-order valence-corrected chi connectivity index (χ1v) is 11.4. The van der Waals surface area contributed by atoms with Crippen LogP contribution in [0.25, 0.3) is 0 Å². The quantitative estimate of drug-likeness (QED) is 0.738. The van der Waals surface area contributed by atoms with Gasteiger partial charge in [-0.25, -0.2) is 9.78 Å². The molecule has 1 aromatic heterocycles. The standard InChI is InChI=1S/C21H32N2O7S/c1-19(2,3)30-18(24)23-12(17-22-8-9-31-17)14-16-15(28-21(6,7)29-16)13(26-14)11-10-25-20(4,5)27-11/h8-9,11-16H,10H2,1-7H3,(H,23,24)/t11-,12-,13-,14+,15+,16-/m1/s1. The number of fused-ring (bicyclic) bond motifs is 1. The Hall–Kier alpha value is -1.30. The topological polar surface area (TPSA) is 97.4 Å². The number of hydrogen-bond donors (Lipinski definition) is 1. The number of rotatable bonds is 4. The summed E-state index contributed by atoms with van der Waals surface area (Å²) < 4.78 is 36.2. The zero-order chi connectivity index (χ0) is 22.6. The van der Waals surface area contributed by atoms with Crippen molar-refractivity contribution in [2.24, 2.45) is 0 Å². The Morgan fingerprint density at radius 2 is 1.87 bits per heavy atom. The molecule has 4 rings (SSSR count). The minimum Gasteiger partial charge on any atom is -0.444 e. The van der Waals surface area contributed by atoms with Crippen molar-refractivity contribution >= 4 is 17.4 Å². The van der Waals surface area contributed by atoms with Crippen molar-refractivity contribution in [1.29, 1.82) is 0 Å². The largest absolute Gasteiger partial charge is 0.444 e. The summed E-state index contributed by atoms with van der Waals surface area (Å²) in [5.74, 6) is -1.48. The number of alkyl carbamates (subject to hydrolysis) is 1. The van der Waals surface area contributed by atoms with Crippen LogP contribution in [0.2, 0.25) is 0 Å². The molecule has 0 unspecified atom stereocenters. The molecular weight excluding hydrogens is 424 g/mol. The predicted octanol–water partition coefficient (Wildman–Crippen LogP) is 3.15. The molecule has 10 heteroatoms. The summed E-state index contributed by atoms with van der Waals surface area (Å²) in [6.45, 7) is 13.3. The maximum Gasteiger partial charge on any atom is 0.408 e. The first-order chi connectivity index (χ1) is 14.3. The van der Waals surface area contributed by atoms with Gasteiger partial charge in [0.15, 0.2) is 11.6 Å². The highest BCUT2D eigenvalue weighted by Gasteiger charge is 2.61. The van der Waals surface area contributed by atoms with Crippen LogP contribution in [0.15, 0.2) is 11.6 Å². The monoisotopic (exact) mass is 456 g/mol. The van der Waals surface area contributed by atoms with Gasteiger partial charge in [-0.3, -0.25) is 0 Å². The number of carbonyl (C=O) groups excluding carboxylic acids is 1. The highest BCUT2D eigenvalue weighted by Crippen LogP contribution is 2.45. The van der Waals surface area contributed by atoms with E-state index < -0.39 is 47.6 Å². The second kappa shape index (κ2) is 7.93. The maximum atomic E-state index is 12.6. The summed E-state index contributed by atoms with van der Waals surface area (Å²) in [6, 6.07) is -0.569. The number of ether oxygens (including phenoxy) is 6. The van der Waals surface area contributed by atoms with E-state index in [2.05, 4.69) is 10.3 Å². The minimum atomic E-state index is -0.788. The van der Waals surface area contributed by atoms with Gasteiger partial charge >= 0.3 is 6.09 Å². The maximum absolute atomic E-state index is 12.6. The lowest BCUT2D eigenvalue weighted by Gasteiger charge is -2.30. The molecule has 1 aromatic rings. The van der Waals surface area contributed by atoms with Crippen molar-refractivity contribution in [2.75, 3.05) is 6.61 Å². The van der Waals surface area contributed by atoms with Gasteiger partial charge in [0.1, 0.15) is 47.2 Å². The smallest absolute Gasteiger partial charge is 0.408 e. The van der Waals surface area contributed by atoms with Crippen LogP contribution in [-0.2, 0) is 28.4 Å². The zero-order valence-electron chi connectivity index (χ0n) is 19.0. The van der Waals surface area contributed by atoms with Crippen molar-refractivity contribution in [3.63, 3.8) is 0 Å². The Morgan fingerprint density at radius 1 is 1.16 bits per heavy atom. The summed E-state index contributed by atoms with van der Waals surface area (Å²) in [6.07, 6.45) is -0.912. The van der Waals surface area contributed by atoms with E-state index >= 15 is 0 Å². The lowest BCUT2D eigenvalue weighted by molar-refractivity contribution is -0.209. The van der Waals surface area contributed by atoms with Gasteiger partial charge in [-0.05, 0) is 48.5 Å². The third-order valence-electron chi connectivity index (χ3n) is 5.24. The van der Waals surface area contributed by atoms with E-state index in [1.807, 2.05) is 53.8 Å². The normalized spacial score (nSPS) is 35.0. The van der Waals surface area contributed by atoms with Crippen molar-refractivity contribution < 1.29 is 33.2 Å². The Balaban J connectivity index is 1.60. The van der Waals surface area contributed by atoms with E-state index in [1.54, 1.807) is 6.20 Å². The third-order valence-corrected chi connectivity index (χ3v) is 6.10. The van der Waals surface area contributed by atoms with Gasteiger partial charge in [0.05, 0.1) is 6.61 Å². The molecule has 3 aliphatic rings. The predicted molar refractivity (Wildman–Crippen MR) is 112 cm³/mol. The number of nitrogens with zero attached hydrogens (tertiary/aromatic N) is 1. The van der Waals surface area contributed by atoms with Crippen LogP contribution in [0, 0.1) is 0 Å². The molecule has 3 fully saturated rings. The van der Waals surface area contributed by atoms with Crippen LogP contribution < -0.4 is 5.32 Å². The first-order valence-electron chi connectivity index (χ1n) is 10.6. The fraction of sp³-hybridized carbons (Fsp3) is 0.810. The number of carbonyl (C=O) groups is 1. The summed E-state index contributed by atoms with van der Waals surface area (Å²) in [5, 5.41) is 5.50. The molecule has 9 nitrogen and oxygen atoms in total. The summed E-state index contributed by atoms with van der Waals surface area (Å²) in [4.78, 5) is 17.1. The van der Waals surface area contributed by atoms with E-state index in [0.717, 1.165) is 0 Å². The van der Waals surface area contributed by atoms with Gasteiger partial charge in [0, 0.05) is 11.6 Å². The van der Waals surface area contributed by atoms with E-state index in [1.165, 1.54) is 11.3 Å². The van der Waals surface area contributed by atoms with Crippen LogP contribution in [0.5, 0.6) is 0 Å². The molecule has 1 amide bonds. The van der Waals surface area contributed by atoms with Gasteiger partial charge in [-0.15, -0.1) is 11.3 Å². The molecule has 3 saturated heterocycles. The second-order valence-electron chi connectivity index (χ2n) is 9.99. The lowest BCUT2D eigenvalue weighted by Crippen LogP contribution is -2.44. The van der Waals surface area contributed by atoms with Crippen LogP contribution in [0.1, 0.15) is 59.5 Å². The Bertz CT molecular complexity index is 792. The Kier molecular flexibility index (Phi) is 5.85. The molecule has 0 radical (unpaired) electrons. The van der Waals surface area contributed by atoms with Crippen molar-refractivity contribution in [1.82, 2.24) is 10.3 Å². The number of aromatic nitrogens is 1. The SMILES string of the molecule is CC(C)(C)OC(=O)N[C@@H](c1nccs1)[C@@H]1O[C@H]([C@H]2COC(C)(C)O2)[C@@H]2OC(C)(C)O[C@@H]21. The number of nitrogens with one attached hydrogen (secondary N) is 1. The highest BCUT2D eigenvalue weighted by molar-refractivity contribution is 7.09. The van der Waals surface area contributed by atoms with Crippen molar-refractivity contribution in [2.45, 2.75) is 102 Å². The van der Waals surface area contributed by atoms with Gasteiger partial charge < -0.3 is 33.7 Å². The molecule has 0 saturated carbocycles. The van der Waals surface area contributed by atoms with Crippen molar-refractivity contribution in [3.05, 3.63) is 16.6 Å². The molecule has 0 bridgehead atoms. The molecule has 31 heavy (non-hydrogen) atoms. The molecule has 4 heterocycles. The Labute approximate surface area is 186 Å². The molecule has 0 aliphatic carbocycles. The fourth-order valence-electron chi connectivity index (χ4n) is 4.21. The first kappa shape index (κ1) is 22.9. The van der Waals surface area contributed by atoms with E-state index in [4.69, 9.17) is 28.4 Å². The molecule has 0 spiro atoms. The number of hydrogen-bond acceptors (Lipinski definition) is 9. The molecule has 6 atom stereocenters. The van der Waals surface area contributed by atoms with Gasteiger partial charge in [-0.2, -0.15) is 0 Å². The second-order valence-corrected chi connectivity index (χ2v) is 10.9. The van der Waals surface area contributed by atoms with Crippen LogP contribution in [0.3, 0.4) is 0 Å². The van der Waals surface area contributed by atoms with Gasteiger partial charge in [0.2, 0.25) is 0 Å². The fourth-order valence-corrected chi connectivity index (χ4v) is 4.94. The Morgan fingerprint density at radius 3 is 2.45 bits per heavy atom. The average molecular weight is 457 g/mol. The van der Waals surface area contributed by atoms with E-state index in [9.17, 15) is 4.79 Å². The molecule has 0 aromatic carbocycles. The molecule has 3 aliphatic heterocycles. The van der Waals surface area contributed by atoms with Crippen LogP contribution in [-0.4, -0.2) is 65.4 Å².